The predicted molar refractivity (Wildman–Crippen MR) is 127 cm³/mol. The summed E-state index contributed by atoms with van der Waals surface area (Å²) in [6.07, 6.45) is 7.07. The lowest BCUT2D eigenvalue weighted by atomic mass is 10.0. The first kappa shape index (κ1) is 22.9. The Morgan fingerprint density at radius 3 is 2.67 bits per heavy atom. The van der Waals surface area contributed by atoms with Crippen LogP contribution in [0.3, 0.4) is 0 Å². The Labute approximate surface area is 195 Å². The highest BCUT2D eigenvalue weighted by molar-refractivity contribution is 5.89. The summed E-state index contributed by atoms with van der Waals surface area (Å²) in [6, 6.07) is 17.8. The lowest BCUT2D eigenvalue weighted by molar-refractivity contribution is -0.138. The van der Waals surface area contributed by atoms with Gasteiger partial charge in [-0.15, -0.1) is 0 Å². The van der Waals surface area contributed by atoms with Crippen LogP contribution in [0.5, 0.6) is 5.75 Å². The zero-order valence-electron chi connectivity index (χ0n) is 19.1. The molecule has 7 nitrogen and oxygen atoms in total. The molecule has 1 saturated heterocycles. The molecule has 2 heterocycles. The molecule has 0 radical (unpaired) electrons. The monoisotopic (exact) mass is 448 g/mol. The van der Waals surface area contributed by atoms with Crippen molar-refractivity contribution in [2.75, 3.05) is 19.7 Å². The molecule has 4 rings (SSSR count). The van der Waals surface area contributed by atoms with Gasteiger partial charge in [-0.3, -0.25) is 9.59 Å². The van der Waals surface area contributed by atoms with Gasteiger partial charge in [0.05, 0.1) is 12.6 Å². The fourth-order valence-corrected chi connectivity index (χ4v) is 4.12. The van der Waals surface area contributed by atoms with E-state index in [4.69, 9.17) is 4.74 Å². The molecular weight excluding hydrogens is 416 g/mol. The minimum atomic E-state index is -0.322. The highest BCUT2D eigenvalue weighted by Crippen LogP contribution is 2.31. The van der Waals surface area contributed by atoms with Gasteiger partial charge >= 0.3 is 0 Å². The predicted octanol–water partition coefficient (Wildman–Crippen LogP) is 3.16. The van der Waals surface area contributed by atoms with Crippen molar-refractivity contribution in [2.24, 2.45) is 0 Å². The summed E-state index contributed by atoms with van der Waals surface area (Å²) < 4.78 is 5.74. The molecule has 0 bridgehead atoms. The molecule has 2 aromatic carbocycles. The van der Waals surface area contributed by atoms with Crippen LogP contribution in [0.1, 0.15) is 43.4 Å². The molecule has 0 saturated carbocycles. The maximum atomic E-state index is 13.0. The number of carbonyl (C=O) groups is 2. The first-order valence-electron chi connectivity index (χ1n) is 11.7. The lowest BCUT2D eigenvalue weighted by Gasteiger charge is -2.31. The van der Waals surface area contributed by atoms with Gasteiger partial charge in [0.2, 0.25) is 5.91 Å². The molecule has 0 spiro atoms. The Morgan fingerprint density at radius 2 is 1.91 bits per heavy atom. The number of fused-ring (bicyclic) bond motifs is 1. The number of rotatable bonds is 10. The van der Waals surface area contributed by atoms with E-state index in [0.29, 0.717) is 13.0 Å². The van der Waals surface area contributed by atoms with Crippen LogP contribution in [0, 0.1) is 0 Å². The first-order valence-corrected chi connectivity index (χ1v) is 11.7. The van der Waals surface area contributed by atoms with Gasteiger partial charge < -0.3 is 20.0 Å². The molecule has 2 aliphatic heterocycles. The minimum absolute atomic E-state index is 0.0307. The largest absolute Gasteiger partial charge is 0.494 e. The number of nitrogens with one attached hydrogen (secondary N) is 2. The van der Waals surface area contributed by atoms with E-state index in [1.54, 1.807) is 6.20 Å². The van der Waals surface area contributed by atoms with Crippen LogP contribution < -0.4 is 15.5 Å². The smallest absolute Gasteiger partial charge is 0.251 e. The van der Waals surface area contributed by atoms with Crippen LogP contribution in [-0.4, -0.2) is 47.5 Å². The van der Waals surface area contributed by atoms with Gasteiger partial charge in [-0.25, -0.2) is 5.43 Å². The van der Waals surface area contributed by atoms with Gasteiger partial charge in [0.25, 0.3) is 5.91 Å². The third kappa shape index (κ3) is 5.93. The van der Waals surface area contributed by atoms with E-state index >= 15 is 0 Å². The van der Waals surface area contributed by atoms with E-state index in [0.717, 1.165) is 37.2 Å². The Kier molecular flexibility index (Phi) is 7.62. The molecule has 0 aliphatic carbocycles. The summed E-state index contributed by atoms with van der Waals surface area (Å²) in [4.78, 5) is 26.9. The van der Waals surface area contributed by atoms with E-state index in [1.165, 1.54) is 10.5 Å². The van der Waals surface area contributed by atoms with Crippen molar-refractivity contribution in [3.8, 4) is 5.75 Å². The van der Waals surface area contributed by atoms with Crippen LogP contribution in [0.2, 0.25) is 0 Å². The Hall–Kier alpha value is -3.32. The Bertz CT molecular complexity index is 961. The van der Waals surface area contributed by atoms with Crippen molar-refractivity contribution in [1.82, 2.24) is 20.7 Å². The molecule has 2 aromatic rings. The summed E-state index contributed by atoms with van der Waals surface area (Å²) in [5, 5.41) is 4.76. The summed E-state index contributed by atoms with van der Waals surface area (Å²) >= 11 is 0. The Balaban J connectivity index is 1.26. The average molecular weight is 449 g/mol. The van der Waals surface area contributed by atoms with Crippen LogP contribution in [0.25, 0.3) is 0 Å². The molecule has 174 valence electrons. The average Bonchev–Trinajstić information content (AvgIpc) is 3.27. The number of benzene rings is 2. The van der Waals surface area contributed by atoms with Gasteiger partial charge in [-0.1, -0.05) is 55.8 Å². The summed E-state index contributed by atoms with van der Waals surface area (Å²) in [5.74, 6) is 0.645. The third-order valence-corrected chi connectivity index (χ3v) is 6.02. The standard InChI is InChI=1S/C26H32N4O3/c1-2-3-17-33-22-11-9-21(10-12-22)23-18-24-26(32)29(15-16-30(24)28-23)19-25(31)27-14-13-20-7-5-4-6-8-20/h4-12,15-16,23-24,28H,2-3,13-14,17-19H2,1H3,(H,27,31). The van der Waals surface area contributed by atoms with Crippen molar-refractivity contribution >= 4 is 11.8 Å². The van der Waals surface area contributed by atoms with E-state index in [2.05, 4.69) is 17.7 Å². The summed E-state index contributed by atoms with van der Waals surface area (Å²) in [7, 11) is 0. The van der Waals surface area contributed by atoms with Crippen molar-refractivity contribution in [1.29, 1.82) is 0 Å². The normalized spacial score (nSPS) is 19.5. The number of carbonyl (C=O) groups excluding carboxylic acids is 2. The lowest BCUT2D eigenvalue weighted by Crippen LogP contribution is -2.50. The molecule has 2 atom stereocenters. The molecule has 2 unspecified atom stereocenters. The second-order valence-electron chi connectivity index (χ2n) is 8.46. The maximum Gasteiger partial charge on any atom is 0.251 e. The van der Waals surface area contributed by atoms with Gasteiger partial charge in [-0.05, 0) is 42.5 Å². The van der Waals surface area contributed by atoms with Crippen molar-refractivity contribution in [3.63, 3.8) is 0 Å². The zero-order valence-corrected chi connectivity index (χ0v) is 19.1. The summed E-state index contributed by atoms with van der Waals surface area (Å²) in [6.45, 7) is 3.44. The maximum absolute atomic E-state index is 13.0. The van der Waals surface area contributed by atoms with Gasteiger partial charge in [0.15, 0.2) is 0 Å². The molecule has 2 amide bonds. The fraction of sp³-hybridized carbons (Fsp3) is 0.385. The molecule has 2 N–H and O–H groups in total. The van der Waals surface area contributed by atoms with Crippen molar-refractivity contribution in [2.45, 2.75) is 44.7 Å². The molecule has 7 heteroatoms. The highest BCUT2D eigenvalue weighted by Gasteiger charge is 2.40. The quantitative estimate of drug-likeness (QED) is 0.546. The molecule has 1 fully saturated rings. The van der Waals surface area contributed by atoms with Crippen LogP contribution in [0.15, 0.2) is 67.0 Å². The number of hydrazine groups is 1. The minimum Gasteiger partial charge on any atom is -0.494 e. The molecule has 33 heavy (non-hydrogen) atoms. The number of ether oxygens (including phenoxy) is 1. The fourth-order valence-electron chi connectivity index (χ4n) is 4.12. The second-order valence-corrected chi connectivity index (χ2v) is 8.46. The van der Waals surface area contributed by atoms with Crippen molar-refractivity contribution in [3.05, 3.63) is 78.1 Å². The van der Waals surface area contributed by atoms with E-state index < -0.39 is 0 Å². The number of nitrogens with zero attached hydrogens (tertiary/aromatic N) is 2. The first-order chi connectivity index (χ1) is 16.1. The second kappa shape index (κ2) is 11.0. The van der Waals surface area contributed by atoms with Crippen LogP contribution in [0.4, 0.5) is 0 Å². The highest BCUT2D eigenvalue weighted by atomic mass is 16.5. The van der Waals surface area contributed by atoms with Crippen molar-refractivity contribution < 1.29 is 14.3 Å². The molecule has 2 aliphatic rings. The third-order valence-electron chi connectivity index (χ3n) is 6.02. The molecular formula is C26H32N4O3. The topological polar surface area (TPSA) is 73.9 Å². The Morgan fingerprint density at radius 1 is 1.12 bits per heavy atom. The van der Waals surface area contributed by atoms with Gasteiger partial charge in [-0.2, -0.15) is 0 Å². The number of hydrogen-bond donors (Lipinski definition) is 2. The van der Waals surface area contributed by atoms with E-state index in [-0.39, 0.29) is 30.4 Å². The van der Waals surface area contributed by atoms with Crippen LogP contribution >= 0.6 is 0 Å². The summed E-state index contributed by atoms with van der Waals surface area (Å²) in [5.41, 5.74) is 5.68. The molecule has 0 aromatic heterocycles. The van der Waals surface area contributed by atoms with E-state index in [1.807, 2.05) is 65.8 Å². The van der Waals surface area contributed by atoms with Crippen LogP contribution in [-0.2, 0) is 16.0 Å². The number of amides is 2. The van der Waals surface area contributed by atoms with Gasteiger partial charge in [0.1, 0.15) is 18.3 Å². The zero-order chi connectivity index (χ0) is 23.0. The van der Waals surface area contributed by atoms with Gasteiger partial charge in [0, 0.05) is 18.9 Å². The van der Waals surface area contributed by atoms with E-state index in [9.17, 15) is 9.59 Å². The SMILES string of the molecule is CCCCOc1ccc(C2CC3C(=O)N(CC(=O)NCCc4ccccc4)C=CN3N2)cc1. The number of unbranched alkanes of at least 4 members (excludes halogenated alkanes) is 1. The number of hydrogen-bond acceptors (Lipinski definition) is 5.